The first-order chi connectivity index (χ1) is 19.1. The van der Waals surface area contributed by atoms with Gasteiger partial charge in [-0.05, 0) is 13.8 Å². The fourth-order valence-electron chi connectivity index (χ4n) is 5.16. The number of nitrogens with one attached hydrogen (secondary N) is 1. The molecule has 0 bridgehead atoms. The van der Waals surface area contributed by atoms with Gasteiger partial charge in [-0.3, -0.25) is 14.3 Å². The number of aliphatic imine (C=N–C) groups is 1. The van der Waals surface area contributed by atoms with E-state index in [9.17, 15) is 9.90 Å². The van der Waals surface area contributed by atoms with Gasteiger partial charge < -0.3 is 24.2 Å². The average molecular weight is 531 g/mol. The van der Waals surface area contributed by atoms with Gasteiger partial charge in [0.15, 0.2) is 23.7 Å². The Balaban J connectivity index is 1.39. The van der Waals surface area contributed by atoms with Gasteiger partial charge in [-0.15, -0.1) is 0 Å². The van der Waals surface area contributed by atoms with E-state index in [0.717, 1.165) is 24.2 Å². The average Bonchev–Trinajstić information content (AvgIpc) is 3.68. The van der Waals surface area contributed by atoms with Crippen molar-refractivity contribution >= 4 is 22.9 Å². The van der Waals surface area contributed by atoms with Gasteiger partial charge in [0, 0.05) is 24.2 Å². The zero-order valence-electron chi connectivity index (χ0n) is 21.7. The summed E-state index contributed by atoms with van der Waals surface area (Å²) in [5, 5.41) is 10.0. The first-order valence-corrected chi connectivity index (χ1v) is 13.1. The molecule has 11 heteroatoms. The molecule has 0 saturated carbocycles. The second-order valence-electron chi connectivity index (χ2n) is 9.38. The summed E-state index contributed by atoms with van der Waals surface area (Å²) in [5.74, 6) is 0.851. The molecule has 6 rings (SSSR count). The zero-order chi connectivity index (χ0) is 26.9. The smallest absolute Gasteiger partial charge is 0.280 e. The van der Waals surface area contributed by atoms with Gasteiger partial charge in [-0.1, -0.05) is 60.7 Å². The van der Waals surface area contributed by atoms with Gasteiger partial charge >= 0.3 is 0 Å². The lowest BCUT2D eigenvalue weighted by Gasteiger charge is -2.23. The van der Waals surface area contributed by atoms with E-state index in [1.54, 1.807) is 4.57 Å². The largest absolute Gasteiger partial charge is 0.394 e. The molecule has 4 aromatic rings. The normalized spacial score (nSPS) is 24.8. The lowest BCUT2D eigenvalue weighted by molar-refractivity contribution is -0.153. The quantitative estimate of drug-likeness (QED) is 0.276. The molecule has 2 aliphatic heterocycles. The number of H-pyrrole nitrogens is 1. The number of fused-ring (bicyclic) bond motifs is 2. The van der Waals surface area contributed by atoms with Crippen molar-refractivity contribution in [1.29, 1.82) is 0 Å². The Hall–Kier alpha value is -3.90. The van der Waals surface area contributed by atoms with Crippen LogP contribution in [-0.2, 0) is 14.2 Å². The van der Waals surface area contributed by atoms with E-state index in [1.165, 1.54) is 6.33 Å². The van der Waals surface area contributed by atoms with E-state index < -0.39 is 36.4 Å². The summed E-state index contributed by atoms with van der Waals surface area (Å²) in [6, 6.07) is 19.4. The van der Waals surface area contributed by atoms with E-state index >= 15 is 0 Å². The van der Waals surface area contributed by atoms with Crippen LogP contribution in [-0.4, -0.2) is 73.4 Å². The number of rotatable bonds is 7. The van der Waals surface area contributed by atoms with Crippen molar-refractivity contribution in [3.05, 3.63) is 88.5 Å². The second-order valence-corrected chi connectivity index (χ2v) is 9.38. The Morgan fingerprint density at radius 3 is 2.41 bits per heavy atom. The molecule has 5 atom stereocenters. The summed E-state index contributed by atoms with van der Waals surface area (Å²) in [6.07, 6.45) is -1.48. The van der Waals surface area contributed by atoms with Crippen molar-refractivity contribution in [3.8, 4) is 0 Å². The highest BCUT2D eigenvalue weighted by atomic mass is 16.8. The number of imidazole rings is 1. The summed E-state index contributed by atoms with van der Waals surface area (Å²) in [4.78, 5) is 31.7. The van der Waals surface area contributed by atoms with Crippen molar-refractivity contribution in [3.63, 3.8) is 0 Å². The van der Waals surface area contributed by atoms with Crippen LogP contribution in [0.5, 0.6) is 0 Å². The molecule has 0 radical (unpaired) electrons. The minimum atomic E-state index is -0.714. The van der Waals surface area contributed by atoms with Gasteiger partial charge in [0.25, 0.3) is 5.56 Å². The molecule has 2 saturated heterocycles. The first-order valence-electron chi connectivity index (χ1n) is 13.1. The molecular formula is C28H30N6O5. The number of amidine groups is 1. The maximum absolute atomic E-state index is 13.0. The molecule has 2 aromatic heterocycles. The number of ether oxygens (including phenoxy) is 3. The zero-order valence-corrected chi connectivity index (χ0v) is 21.7. The predicted octanol–water partition coefficient (Wildman–Crippen LogP) is 2.91. The van der Waals surface area contributed by atoms with Crippen LogP contribution in [0, 0.1) is 0 Å². The summed E-state index contributed by atoms with van der Waals surface area (Å²) in [7, 11) is 0. The number of benzene rings is 2. The molecule has 0 aliphatic carbocycles. The van der Waals surface area contributed by atoms with E-state index in [-0.39, 0.29) is 18.1 Å². The standard InChI is InChI=1S/C28H30N6O5/c1-3-33(4-2)23(17-11-7-5-8-12-17)30-28-31-24-20(25(36)32-28)29-16-34(24)26-22-21(19(15-35)37-26)38-27(39-22)18-13-9-6-10-14-18/h5-14,16,19,21-22,26-27,35H,3-4,15H2,1-2H3,(H,31,32,36)/b30-23+/t19-,21-,22-,26-,27?/m1/s1. The Morgan fingerprint density at radius 1 is 1.03 bits per heavy atom. The molecule has 11 nitrogen and oxygen atoms in total. The van der Waals surface area contributed by atoms with Crippen LogP contribution in [0.3, 0.4) is 0 Å². The minimum absolute atomic E-state index is 0.152. The van der Waals surface area contributed by atoms with E-state index in [2.05, 4.69) is 14.9 Å². The number of nitrogens with zero attached hydrogens (tertiary/aromatic N) is 5. The monoisotopic (exact) mass is 530 g/mol. The number of hydrogen-bond donors (Lipinski definition) is 2. The van der Waals surface area contributed by atoms with Gasteiger partial charge in [0.1, 0.15) is 24.1 Å². The fourth-order valence-corrected chi connectivity index (χ4v) is 5.16. The number of hydrogen-bond acceptors (Lipinski definition) is 8. The molecule has 2 N–H and O–H groups in total. The third-order valence-corrected chi connectivity index (χ3v) is 7.10. The Bertz CT molecular complexity index is 1520. The lowest BCUT2D eigenvalue weighted by atomic mass is 10.1. The fraction of sp³-hybridized carbons (Fsp3) is 0.357. The highest BCUT2D eigenvalue weighted by Gasteiger charge is 2.53. The van der Waals surface area contributed by atoms with Gasteiger partial charge in [-0.2, -0.15) is 9.98 Å². The van der Waals surface area contributed by atoms with Crippen LogP contribution in [0.4, 0.5) is 5.95 Å². The third kappa shape index (κ3) is 4.63. The van der Waals surface area contributed by atoms with Gasteiger partial charge in [0.2, 0.25) is 5.95 Å². The SMILES string of the molecule is CCN(CC)/C(=N/c1nc2c(ncn2[C@@H]2O[C@H](CO)[C@H]3OC(c4ccccc4)O[C@H]32)c(=O)[nH]1)c1ccccc1. The van der Waals surface area contributed by atoms with Crippen LogP contribution in [0.2, 0.25) is 0 Å². The van der Waals surface area contributed by atoms with Crippen LogP contribution >= 0.6 is 0 Å². The van der Waals surface area contributed by atoms with E-state index in [0.29, 0.717) is 11.5 Å². The Labute approximate surface area is 224 Å². The third-order valence-electron chi connectivity index (χ3n) is 7.10. The summed E-state index contributed by atoms with van der Waals surface area (Å²) < 4.78 is 20.2. The highest BCUT2D eigenvalue weighted by Crippen LogP contribution is 2.44. The Kier molecular flexibility index (Phi) is 6.96. The highest BCUT2D eigenvalue weighted by molar-refractivity contribution is 6.00. The summed E-state index contributed by atoms with van der Waals surface area (Å²) in [6.45, 7) is 5.32. The molecule has 202 valence electrons. The molecule has 1 unspecified atom stereocenters. The number of aliphatic hydroxyl groups is 1. The molecule has 2 aliphatic rings. The van der Waals surface area contributed by atoms with E-state index in [4.69, 9.17) is 24.2 Å². The maximum atomic E-state index is 13.0. The van der Waals surface area contributed by atoms with Crippen LogP contribution < -0.4 is 5.56 Å². The summed E-state index contributed by atoms with van der Waals surface area (Å²) >= 11 is 0. The minimum Gasteiger partial charge on any atom is -0.394 e. The second kappa shape index (κ2) is 10.7. The topological polar surface area (TPSA) is 127 Å². The van der Waals surface area contributed by atoms with Gasteiger partial charge in [-0.25, -0.2) is 4.98 Å². The van der Waals surface area contributed by atoms with Crippen molar-refractivity contribution in [2.24, 2.45) is 4.99 Å². The summed E-state index contributed by atoms with van der Waals surface area (Å²) in [5.41, 5.74) is 1.83. The molecule has 0 spiro atoms. The maximum Gasteiger partial charge on any atom is 0.280 e. The van der Waals surface area contributed by atoms with Crippen molar-refractivity contribution < 1.29 is 19.3 Å². The van der Waals surface area contributed by atoms with Crippen molar-refractivity contribution in [1.82, 2.24) is 24.4 Å². The van der Waals surface area contributed by atoms with Crippen LogP contribution in [0.1, 0.15) is 37.5 Å². The molecular weight excluding hydrogens is 500 g/mol. The number of aromatic nitrogens is 4. The first kappa shape index (κ1) is 25.4. The Morgan fingerprint density at radius 2 is 1.72 bits per heavy atom. The van der Waals surface area contributed by atoms with Crippen LogP contribution in [0.15, 0.2) is 76.8 Å². The molecule has 39 heavy (non-hydrogen) atoms. The molecule has 2 aromatic carbocycles. The van der Waals surface area contributed by atoms with Crippen molar-refractivity contribution in [2.75, 3.05) is 19.7 Å². The molecule has 2 fully saturated rings. The molecule has 0 amide bonds. The number of aliphatic hydroxyl groups excluding tert-OH is 1. The molecule has 4 heterocycles. The van der Waals surface area contributed by atoms with E-state index in [1.807, 2.05) is 74.5 Å². The number of aromatic amines is 1. The van der Waals surface area contributed by atoms with Crippen molar-refractivity contribution in [2.45, 2.75) is 44.7 Å². The predicted molar refractivity (Wildman–Crippen MR) is 144 cm³/mol. The lowest BCUT2D eigenvalue weighted by Crippen LogP contribution is -2.31. The van der Waals surface area contributed by atoms with Crippen LogP contribution in [0.25, 0.3) is 11.2 Å². The van der Waals surface area contributed by atoms with Gasteiger partial charge in [0.05, 0.1) is 12.9 Å².